The van der Waals surface area contributed by atoms with Crippen LogP contribution in [-0.4, -0.2) is 27.0 Å². The quantitative estimate of drug-likeness (QED) is 0.466. The Hall–Kier alpha value is 0.823. The van der Waals surface area contributed by atoms with E-state index < -0.39 is 19.9 Å². The van der Waals surface area contributed by atoms with Crippen molar-refractivity contribution in [3.63, 3.8) is 0 Å². The van der Waals surface area contributed by atoms with Gasteiger partial charge in [-0.2, -0.15) is 0 Å². The first kappa shape index (κ1) is 23.1. The van der Waals surface area contributed by atoms with E-state index >= 15 is 0 Å². The molecule has 0 bridgehead atoms. The smallest absolute Gasteiger partial charge is 0.550 e. The van der Waals surface area contributed by atoms with E-state index in [4.69, 9.17) is 9.16 Å². The summed E-state index contributed by atoms with van der Waals surface area (Å²) >= 11 is 0. The minimum atomic E-state index is -2.07. The van der Waals surface area contributed by atoms with Crippen molar-refractivity contribution in [2.24, 2.45) is 0 Å². The number of aliphatic carboxylic acids is 1. The summed E-state index contributed by atoms with van der Waals surface area (Å²) in [5.41, 5.74) is -0.838. The number of methoxy groups -OCH3 is 1. The zero-order valence-electron chi connectivity index (χ0n) is 14.3. The van der Waals surface area contributed by atoms with Crippen LogP contribution in [0.5, 0.6) is 0 Å². The van der Waals surface area contributed by atoms with Crippen LogP contribution < -0.4 is 56.5 Å². The Labute approximate surface area is 166 Å². The summed E-state index contributed by atoms with van der Waals surface area (Å²) in [5, 5.41) is 11.0. The van der Waals surface area contributed by atoms with Gasteiger partial charge in [-0.1, -0.05) is 27.4 Å². The molecule has 0 aromatic rings. The van der Waals surface area contributed by atoms with E-state index in [9.17, 15) is 9.90 Å². The Kier molecular flexibility index (Phi) is 9.76. The molecular weight excluding hydrogens is 299 g/mol. The fourth-order valence-corrected chi connectivity index (χ4v) is 3.38. The summed E-state index contributed by atoms with van der Waals surface area (Å²) in [6.45, 7) is 16.1. The van der Waals surface area contributed by atoms with Crippen LogP contribution in [0.2, 0.25) is 18.1 Å². The number of carbonyl (C=O) groups excluding carboxylic acids is 1. The normalized spacial score (nSPS) is 14.9. The number of hydrogen-bond donors (Lipinski definition) is 0. The molecule has 0 unspecified atom stereocenters. The van der Waals surface area contributed by atoms with Gasteiger partial charge in [0.05, 0.1) is 18.5 Å². The number of ether oxygens (including phenoxy) is 1. The van der Waals surface area contributed by atoms with Crippen LogP contribution in [0, 0.1) is 0 Å². The number of carbonyl (C=O) groups is 1. The molecule has 0 radical (unpaired) electrons. The molecule has 0 aromatic heterocycles. The Morgan fingerprint density at radius 1 is 1.20 bits per heavy atom. The SMILES string of the molecule is C=C(C[C@](C)(CC(=O)[O-])O[Si](C)(C)C(C)(C)C)OC.[K+]. The summed E-state index contributed by atoms with van der Waals surface area (Å²) in [7, 11) is -0.553. The van der Waals surface area contributed by atoms with Gasteiger partial charge in [0.15, 0.2) is 8.32 Å². The van der Waals surface area contributed by atoms with Crippen LogP contribution in [0.25, 0.3) is 0 Å². The van der Waals surface area contributed by atoms with Gasteiger partial charge < -0.3 is 19.1 Å². The van der Waals surface area contributed by atoms with Crippen molar-refractivity contribution in [3.8, 4) is 0 Å². The fraction of sp³-hybridized carbons (Fsp3) is 0.786. The standard InChI is InChI=1S/C14H28O4Si.K/c1-11(17-6)9-14(5,10-12(15)16)18-19(7,8)13(2,3)4;/h1,9-10H2,2-8H3,(H,15,16);/q;+1/p-1/t14-;/m1./s1. The predicted octanol–water partition coefficient (Wildman–Crippen LogP) is -0.539. The van der Waals surface area contributed by atoms with Crippen LogP contribution in [0.4, 0.5) is 0 Å². The third-order valence-corrected chi connectivity index (χ3v) is 8.30. The van der Waals surface area contributed by atoms with E-state index in [1.165, 1.54) is 7.11 Å². The summed E-state index contributed by atoms with van der Waals surface area (Å²) in [4.78, 5) is 11.0. The summed E-state index contributed by atoms with van der Waals surface area (Å²) < 4.78 is 11.3. The van der Waals surface area contributed by atoms with Crippen LogP contribution in [-0.2, 0) is 14.0 Å². The maximum absolute atomic E-state index is 11.0. The largest absolute Gasteiger partial charge is 1.00 e. The molecule has 0 heterocycles. The second-order valence-electron chi connectivity index (χ2n) is 6.78. The van der Waals surface area contributed by atoms with Crippen LogP contribution in [0.15, 0.2) is 12.3 Å². The second-order valence-corrected chi connectivity index (χ2v) is 11.5. The molecule has 0 aliphatic rings. The first-order chi connectivity index (χ1) is 8.33. The van der Waals surface area contributed by atoms with Crippen molar-refractivity contribution in [1.29, 1.82) is 0 Å². The topological polar surface area (TPSA) is 58.6 Å². The summed E-state index contributed by atoms with van der Waals surface area (Å²) in [6, 6.07) is 0. The van der Waals surface area contributed by atoms with E-state index in [1.54, 1.807) is 6.92 Å². The molecular formula is C14H27KO4Si. The molecule has 0 amide bonds. The van der Waals surface area contributed by atoms with E-state index in [0.717, 1.165) is 0 Å². The second kappa shape index (κ2) is 8.45. The minimum absolute atomic E-state index is 0. The van der Waals surface area contributed by atoms with E-state index in [1.807, 2.05) is 0 Å². The Balaban J connectivity index is 0. The van der Waals surface area contributed by atoms with E-state index in [-0.39, 0.29) is 62.8 Å². The van der Waals surface area contributed by atoms with Crippen molar-refractivity contribution in [1.82, 2.24) is 0 Å². The molecule has 0 N–H and O–H groups in total. The number of carboxylic acid groups (broad SMARTS) is 1. The van der Waals surface area contributed by atoms with Crippen molar-refractivity contribution in [2.45, 2.75) is 64.3 Å². The van der Waals surface area contributed by atoms with Gasteiger partial charge in [0, 0.05) is 18.8 Å². The molecule has 1 atom stereocenters. The molecule has 4 nitrogen and oxygen atoms in total. The zero-order chi connectivity index (χ0) is 15.5. The van der Waals surface area contributed by atoms with E-state index in [0.29, 0.717) is 12.2 Å². The number of rotatable bonds is 7. The Morgan fingerprint density at radius 3 is 1.95 bits per heavy atom. The van der Waals surface area contributed by atoms with Gasteiger partial charge in [-0.15, -0.1) is 0 Å². The summed E-state index contributed by atoms with van der Waals surface area (Å²) in [6.07, 6.45) is 0.186. The molecule has 0 aliphatic carbocycles. The van der Waals surface area contributed by atoms with Crippen LogP contribution in [0.3, 0.4) is 0 Å². The van der Waals surface area contributed by atoms with Gasteiger partial charge in [-0.3, -0.25) is 0 Å². The number of carboxylic acids is 1. The van der Waals surface area contributed by atoms with Crippen LogP contribution >= 0.6 is 0 Å². The maximum Gasteiger partial charge on any atom is 1.00 e. The van der Waals surface area contributed by atoms with Crippen molar-refractivity contribution < 1.29 is 70.4 Å². The first-order valence-electron chi connectivity index (χ1n) is 6.45. The van der Waals surface area contributed by atoms with Crippen molar-refractivity contribution in [2.75, 3.05) is 7.11 Å². The third-order valence-electron chi connectivity index (χ3n) is 3.69. The van der Waals surface area contributed by atoms with Crippen molar-refractivity contribution in [3.05, 3.63) is 12.3 Å². The average Bonchev–Trinajstić information content (AvgIpc) is 2.12. The molecule has 0 saturated carbocycles. The van der Waals surface area contributed by atoms with Gasteiger partial charge in [-0.25, -0.2) is 0 Å². The minimum Gasteiger partial charge on any atom is -0.550 e. The molecule has 6 heteroatoms. The molecule has 0 aliphatic heterocycles. The molecule has 0 saturated heterocycles. The van der Waals surface area contributed by atoms with E-state index in [2.05, 4.69) is 40.4 Å². The third kappa shape index (κ3) is 7.72. The predicted molar refractivity (Wildman–Crippen MR) is 77.1 cm³/mol. The van der Waals surface area contributed by atoms with Gasteiger partial charge in [0.2, 0.25) is 0 Å². The van der Waals surface area contributed by atoms with Gasteiger partial charge in [0.25, 0.3) is 0 Å². The first-order valence-corrected chi connectivity index (χ1v) is 9.35. The molecule has 20 heavy (non-hydrogen) atoms. The Morgan fingerprint density at radius 2 is 1.65 bits per heavy atom. The van der Waals surface area contributed by atoms with Gasteiger partial charge >= 0.3 is 51.4 Å². The van der Waals surface area contributed by atoms with Crippen LogP contribution in [0.1, 0.15) is 40.5 Å². The molecule has 0 fully saturated rings. The fourth-order valence-electron chi connectivity index (χ4n) is 1.70. The molecule has 0 rings (SSSR count). The van der Waals surface area contributed by atoms with Gasteiger partial charge in [0.1, 0.15) is 0 Å². The zero-order valence-corrected chi connectivity index (χ0v) is 18.4. The monoisotopic (exact) mass is 326 g/mol. The molecule has 0 spiro atoms. The molecule has 0 aromatic carbocycles. The molecule has 112 valence electrons. The Bertz CT molecular complexity index is 350. The number of hydrogen-bond acceptors (Lipinski definition) is 4. The van der Waals surface area contributed by atoms with Crippen molar-refractivity contribution >= 4 is 14.3 Å². The average molecular weight is 327 g/mol. The maximum atomic E-state index is 11.0. The summed E-state index contributed by atoms with van der Waals surface area (Å²) in [5.74, 6) is -0.604. The van der Waals surface area contributed by atoms with Gasteiger partial charge in [-0.05, 0) is 25.1 Å².